The Labute approximate surface area is 122 Å². The zero-order chi connectivity index (χ0) is 13.8. The Morgan fingerprint density at radius 1 is 1.25 bits per heavy atom. The highest BCUT2D eigenvalue weighted by molar-refractivity contribution is 7.09. The van der Waals surface area contributed by atoms with Gasteiger partial charge in [-0.2, -0.15) is 0 Å². The molecule has 1 aliphatic rings. The Kier molecular flexibility index (Phi) is 4.02. The maximum atomic E-state index is 12.0. The molecule has 2 aromatic rings. The molecule has 1 saturated carbocycles. The molecule has 1 aromatic heterocycles. The largest absolute Gasteiger partial charge is 0.493 e. The molecule has 1 N–H and O–H groups in total. The van der Waals surface area contributed by atoms with Crippen molar-refractivity contribution >= 4 is 17.2 Å². The lowest BCUT2D eigenvalue weighted by Crippen LogP contribution is -2.22. The van der Waals surface area contributed by atoms with Crippen molar-refractivity contribution < 1.29 is 9.53 Å². The van der Waals surface area contributed by atoms with Gasteiger partial charge in [0.05, 0.1) is 13.2 Å². The van der Waals surface area contributed by atoms with E-state index in [9.17, 15) is 4.79 Å². The lowest BCUT2D eigenvalue weighted by atomic mass is 10.2. The van der Waals surface area contributed by atoms with Crippen LogP contribution in [-0.2, 0) is 6.54 Å². The summed E-state index contributed by atoms with van der Waals surface area (Å²) >= 11 is 1.64. The number of amides is 1. The van der Waals surface area contributed by atoms with Gasteiger partial charge in [-0.05, 0) is 54.5 Å². The van der Waals surface area contributed by atoms with E-state index in [0.717, 1.165) is 23.2 Å². The molecular formula is C16H17NO2S. The third kappa shape index (κ3) is 3.61. The van der Waals surface area contributed by atoms with Crippen molar-refractivity contribution in [3.05, 3.63) is 52.2 Å². The van der Waals surface area contributed by atoms with Gasteiger partial charge >= 0.3 is 0 Å². The molecule has 20 heavy (non-hydrogen) atoms. The molecule has 1 aromatic carbocycles. The van der Waals surface area contributed by atoms with Crippen LogP contribution in [0.25, 0.3) is 0 Å². The number of ether oxygens (including phenoxy) is 1. The average Bonchev–Trinajstić information content (AvgIpc) is 3.17. The van der Waals surface area contributed by atoms with Crippen molar-refractivity contribution in [2.75, 3.05) is 6.61 Å². The molecule has 3 rings (SSSR count). The number of benzene rings is 1. The summed E-state index contributed by atoms with van der Waals surface area (Å²) < 4.78 is 5.65. The van der Waals surface area contributed by atoms with Crippen LogP contribution in [0.15, 0.2) is 41.8 Å². The Morgan fingerprint density at radius 3 is 2.70 bits per heavy atom. The van der Waals surface area contributed by atoms with Crippen LogP contribution in [0, 0.1) is 5.92 Å². The van der Waals surface area contributed by atoms with E-state index < -0.39 is 0 Å². The standard InChI is InChI=1S/C16H17NO2S/c18-16(17-10-15-2-1-9-20-15)13-5-7-14(8-6-13)19-11-12-3-4-12/h1-2,5-9,12H,3-4,10-11H2,(H,17,18). The first kappa shape index (κ1) is 13.2. The first-order valence-corrected chi connectivity index (χ1v) is 7.72. The summed E-state index contributed by atoms with van der Waals surface area (Å²) in [6.07, 6.45) is 2.56. The fraction of sp³-hybridized carbons (Fsp3) is 0.312. The highest BCUT2D eigenvalue weighted by atomic mass is 32.1. The summed E-state index contributed by atoms with van der Waals surface area (Å²) in [6.45, 7) is 1.38. The molecule has 1 amide bonds. The van der Waals surface area contributed by atoms with Crippen LogP contribution >= 0.6 is 11.3 Å². The van der Waals surface area contributed by atoms with Gasteiger partial charge < -0.3 is 10.1 Å². The highest BCUT2D eigenvalue weighted by Gasteiger charge is 2.21. The number of rotatable bonds is 6. The SMILES string of the molecule is O=C(NCc1cccs1)c1ccc(OCC2CC2)cc1. The van der Waals surface area contributed by atoms with Crippen molar-refractivity contribution in [3.8, 4) is 5.75 Å². The van der Waals surface area contributed by atoms with E-state index in [1.165, 1.54) is 12.8 Å². The van der Waals surface area contributed by atoms with Crippen LogP contribution in [0.2, 0.25) is 0 Å². The predicted molar refractivity (Wildman–Crippen MR) is 80.2 cm³/mol. The molecule has 4 heteroatoms. The summed E-state index contributed by atoms with van der Waals surface area (Å²) in [6, 6.07) is 11.3. The maximum absolute atomic E-state index is 12.0. The summed E-state index contributed by atoms with van der Waals surface area (Å²) in [5.74, 6) is 1.53. The topological polar surface area (TPSA) is 38.3 Å². The first-order chi connectivity index (χ1) is 9.81. The molecule has 1 fully saturated rings. The van der Waals surface area contributed by atoms with Crippen LogP contribution < -0.4 is 10.1 Å². The van der Waals surface area contributed by atoms with Gasteiger partial charge in [0.2, 0.25) is 0 Å². The molecule has 1 heterocycles. The molecule has 1 aliphatic carbocycles. The molecule has 0 atom stereocenters. The van der Waals surface area contributed by atoms with Gasteiger partial charge in [-0.1, -0.05) is 6.07 Å². The van der Waals surface area contributed by atoms with E-state index in [4.69, 9.17) is 4.74 Å². The molecule has 0 bridgehead atoms. The van der Waals surface area contributed by atoms with Crippen molar-refractivity contribution in [1.82, 2.24) is 5.32 Å². The predicted octanol–water partition coefficient (Wildman–Crippen LogP) is 3.47. The van der Waals surface area contributed by atoms with Crippen molar-refractivity contribution in [2.24, 2.45) is 5.92 Å². The number of nitrogens with one attached hydrogen (secondary N) is 1. The number of hydrogen-bond donors (Lipinski definition) is 1. The molecular weight excluding hydrogens is 270 g/mol. The fourth-order valence-electron chi connectivity index (χ4n) is 1.88. The Hall–Kier alpha value is -1.81. The van der Waals surface area contributed by atoms with Crippen LogP contribution in [0.4, 0.5) is 0 Å². The van der Waals surface area contributed by atoms with Gasteiger partial charge in [0.15, 0.2) is 0 Å². The maximum Gasteiger partial charge on any atom is 0.251 e. The lowest BCUT2D eigenvalue weighted by molar-refractivity contribution is 0.0951. The van der Waals surface area contributed by atoms with Gasteiger partial charge in [-0.25, -0.2) is 0 Å². The van der Waals surface area contributed by atoms with Crippen molar-refractivity contribution in [3.63, 3.8) is 0 Å². The summed E-state index contributed by atoms with van der Waals surface area (Å²) in [5.41, 5.74) is 0.667. The Bertz CT molecular complexity index is 559. The molecule has 0 radical (unpaired) electrons. The molecule has 0 spiro atoms. The van der Waals surface area contributed by atoms with E-state index in [-0.39, 0.29) is 5.91 Å². The quantitative estimate of drug-likeness (QED) is 0.883. The second-order valence-electron chi connectivity index (χ2n) is 5.04. The monoisotopic (exact) mass is 287 g/mol. The summed E-state index contributed by atoms with van der Waals surface area (Å²) in [4.78, 5) is 13.1. The van der Waals surface area contributed by atoms with E-state index in [1.807, 2.05) is 41.8 Å². The second kappa shape index (κ2) is 6.09. The highest BCUT2D eigenvalue weighted by Crippen LogP contribution is 2.29. The van der Waals surface area contributed by atoms with E-state index in [0.29, 0.717) is 12.1 Å². The van der Waals surface area contributed by atoms with Crippen molar-refractivity contribution in [1.29, 1.82) is 0 Å². The van der Waals surface area contributed by atoms with Crippen LogP contribution in [-0.4, -0.2) is 12.5 Å². The van der Waals surface area contributed by atoms with Crippen LogP contribution in [0.5, 0.6) is 5.75 Å². The lowest BCUT2D eigenvalue weighted by Gasteiger charge is -2.07. The third-order valence-electron chi connectivity index (χ3n) is 3.30. The minimum atomic E-state index is -0.0489. The zero-order valence-electron chi connectivity index (χ0n) is 11.2. The van der Waals surface area contributed by atoms with E-state index >= 15 is 0 Å². The molecule has 0 unspecified atom stereocenters. The molecule has 0 aliphatic heterocycles. The molecule has 0 saturated heterocycles. The minimum Gasteiger partial charge on any atom is -0.493 e. The third-order valence-corrected chi connectivity index (χ3v) is 4.18. The zero-order valence-corrected chi connectivity index (χ0v) is 12.0. The minimum absolute atomic E-state index is 0.0489. The summed E-state index contributed by atoms with van der Waals surface area (Å²) in [5, 5.41) is 4.92. The Balaban J connectivity index is 1.51. The normalized spacial score (nSPS) is 14.0. The number of hydrogen-bond acceptors (Lipinski definition) is 3. The van der Waals surface area contributed by atoms with Gasteiger partial charge in [0.1, 0.15) is 5.75 Å². The van der Waals surface area contributed by atoms with Crippen LogP contribution in [0.3, 0.4) is 0 Å². The van der Waals surface area contributed by atoms with E-state index in [2.05, 4.69) is 5.32 Å². The number of thiophene rings is 1. The summed E-state index contributed by atoms with van der Waals surface area (Å²) in [7, 11) is 0. The van der Waals surface area contributed by atoms with Gasteiger partial charge in [-0.15, -0.1) is 11.3 Å². The van der Waals surface area contributed by atoms with Gasteiger partial charge in [-0.3, -0.25) is 4.79 Å². The molecule has 3 nitrogen and oxygen atoms in total. The number of carbonyl (C=O) groups excluding carboxylic acids is 1. The van der Waals surface area contributed by atoms with Crippen molar-refractivity contribution in [2.45, 2.75) is 19.4 Å². The average molecular weight is 287 g/mol. The molecule has 104 valence electrons. The Morgan fingerprint density at radius 2 is 2.05 bits per heavy atom. The fourth-order valence-corrected chi connectivity index (χ4v) is 2.53. The first-order valence-electron chi connectivity index (χ1n) is 6.85. The smallest absolute Gasteiger partial charge is 0.251 e. The number of carbonyl (C=O) groups is 1. The van der Waals surface area contributed by atoms with Crippen LogP contribution in [0.1, 0.15) is 28.1 Å². The van der Waals surface area contributed by atoms with Gasteiger partial charge in [0, 0.05) is 10.4 Å². The second-order valence-corrected chi connectivity index (χ2v) is 6.07. The van der Waals surface area contributed by atoms with Gasteiger partial charge in [0.25, 0.3) is 5.91 Å². The van der Waals surface area contributed by atoms with E-state index in [1.54, 1.807) is 11.3 Å².